The van der Waals surface area contributed by atoms with Crippen molar-refractivity contribution in [1.82, 2.24) is 15.1 Å². The summed E-state index contributed by atoms with van der Waals surface area (Å²) in [6, 6.07) is 3.16. The van der Waals surface area contributed by atoms with Gasteiger partial charge >= 0.3 is 0 Å². The molecule has 2 aromatic rings. The second-order valence-corrected chi connectivity index (χ2v) is 4.98. The summed E-state index contributed by atoms with van der Waals surface area (Å²) in [7, 11) is 1.60. The number of carbonyl (C=O) groups is 2. The van der Waals surface area contributed by atoms with E-state index >= 15 is 0 Å². The van der Waals surface area contributed by atoms with E-state index in [1.807, 2.05) is 0 Å². The number of terminal acetylenes is 1. The first-order valence-electron chi connectivity index (χ1n) is 6.48. The number of piperidine rings is 1. The van der Waals surface area contributed by atoms with Crippen molar-refractivity contribution in [2.24, 2.45) is 7.05 Å². The van der Waals surface area contributed by atoms with Crippen molar-refractivity contribution in [2.45, 2.75) is 18.8 Å². The van der Waals surface area contributed by atoms with Crippen LogP contribution < -0.4 is 5.32 Å². The number of hydrogen-bond donors (Lipinski definition) is 1. The molecule has 2 amide bonds. The fourth-order valence-electron chi connectivity index (χ4n) is 2.68. The Morgan fingerprint density at radius 2 is 2.24 bits per heavy atom. The number of nitrogens with zero attached hydrogens (tertiary/aromatic N) is 2. The molecule has 0 saturated carbocycles. The van der Waals surface area contributed by atoms with E-state index in [0.29, 0.717) is 17.5 Å². The van der Waals surface area contributed by atoms with Crippen molar-refractivity contribution in [3.8, 4) is 12.3 Å². The lowest BCUT2D eigenvalue weighted by Crippen LogP contribution is -2.39. The molecule has 1 aliphatic heterocycles. The molecule has 1 fully saturated rings. The van der Waals surface area contributed by atoms with Crippen LogP contribution in [0.1, 0.15) is 30.0 Å². The van der Waals surface area contributed by atoms with E-state index in [1.54, 1.807) is 13.1 Å². The van der Waals surface area contributed by atoms with Gasteiger partial charge in [-0.25, -0.2) is 4.39 Å². The summed E-state index contributed by atoms with van der Waals surface area (Å²) in [5, 5.41) is 7.09. The van der Waals surface area contributed by atoms with Crippen LogP contribution in [0.2, 0.25) is 0 Å². The van der Waals surface area contributed by atoms with Crippen molar-refractivity contribution in [2.75, 3.05) is 0 Å². The van der Waals surface area contributed by atoms with Crippen molar-refractivity contribution in [3.05, 3.63) is 29.2 Å². The maximum atomic E-state index is 14.3. The van der Waals surface area contributed by atoms with Crippen molar-refractivity contribution in [1.29, 1.82) is 0 Å². The molecule has 1 aliphatic rings. The van der Waals surface area contributed by atoms with Gasteiger partial charge in [-0.3, -0.25) is 19.6 Å². The van der Waals surface area contributed by atoms with Crippen molar-refractivity contribution < 1.29 is 14.0 Å². The Labute approximate surface area is 120 Å². The van der Waals surface area contributed by atoms with E-state index < -0.39 is 17.6 Å². The SMILES string of the molecule is C#Cc1ccc2c(C3CCC(=O)NC3=O)nn(C)c2c1F. The summed E-state index contributed by atoms with van der Waals surface area (Å²) in [5.41, 5.74) is 0.894. The van der Waals surface area contributed by atoms with Gasteiger partial charge in [-0.2, -0.15) is 5.10 Å². The van der Waals surface area contributed by atoms with Crippen LogP contribution in [-0.2, 0) is 16.6 Å². The molecule has 0 radical (unpaired) electrons. The minimum atomic E-state index is -0.553. The third-order valence-electron chi connectivity index (χ3n) is 3.70. The Kier molecular flexibility index (Phi) is 2.98. The Morgan fingerprint density at radius 3 is 2.90 bits per heavy atom. The molecule has 6 heteroatoms. The van der Waals surface area contributed by atoms with Gasteiger partial charge < -0.3 is 0 Å². The summed E-state index contributed by atoms with van der Waals surface area (Å²) < 4.78 is 15.7. The molecule has 1 unspecified atom stereocenters. The lowest BCUT2D eigenvalue weighted by Gasteiger charge is -2.19. The van der Waals surface area contributed by atoms with Gasteiger partial charge in [-0.1, -0.05) is 5.92 Å². The number of benzene rings is 1. The zero-order valence-electron chi connectivity index (χ0n) is 11.3. The van der Waals surface area contributed by atoms with Crippen LogP contribution in [0.25, 0.3) is 10.9 Å². The Bertz CT molecular complexity index is 816. The molecule has 0 bridgehead atoms. The highest BCUT2D eigenvalue weighted by molar-refractivity contribution is 6.02. The summed E-state index contributed by atoms with van der Waals surface area (Å²) in [4.78, 5) is 23.2. The monoisotopic (exact) mass is 285 g/mol. The summed E-state index contributed by atoms with van der Waals surface area (Å²) in [6.07, 6.45) is 5.88. The van der Waals surface area contributed by atoms with Gasteiger partial charge in [0.1, 0.15) is 5.52 Å². The third kappa shape index (κ3) is 1.98. The minimum Gasteiger partial charge on any atom is -0.296 e. The molecular weight excluding hydrogens is 273 g/mol. The van der Waals surface area contributed by atoms with E-state index in [-0.39, 0.29) is 23.4 Å². The molecule has 5 nitrogen and oxygen atoms in total. The van der Waals surface area contributed by atoms with Crippen molar-refractivity contribution in [3.63, 3.8) is 0 Å². The van der Waals surface area contributed by atoms with Crippen LogP contribution in [0.5, 0.6) is 0 Å². The molecule has 1 saturated heterocycles. The average Bonchev–Trinajstić information content (AvgIpc) is 2.77. The van der Waals surface area contributed by atoms with E-state index in [0.717, 1.165) is 0 Å². The van der Waals surface area contributed by atoms with Gasteiger partial charge in [-0.05, 0) is 18.6 Å². The number of amides is 2. The Morgan fingerprint density at radius 1 is 1.48 bits per heavy atom. The van der Waals surface area contributed by atoms with Crippen LogP contribution in [0, 0.1) is 18.2 Å². The van der Waals surface area contributed by atoms with E-state index in [4.69, 9.17) is 6.42 Å². The first kappa shape index (κ1) is 13.3. The first-order chi connectivity index (χ1) is 10.0. The summed E-state index contributed by atoms with van der Waals surface area (Å²) in [6.45, 7) is 0. The fraction of sp³-hybridized carbons (Fsp3) is 0.267. The number of nitrogens with one attached hydrogen (secondary N) is 1. The zero-order valence-corrected chi connectivity index (χ0v) is 11.3. The molecule has 106 valence electrons. The molecule has 3 rings (SSSR count). The van der Waals surface area contributed by atoms with Crippen LogP contribution in [0.4, 0.5) is 4.39 Å². The first-order valence-corrected chi connectivity index (χ1v) is 6.48. The number of fused-ring (bicyclic) bond motifs is 1. The fourth-order valence-corrected chi connectivity index (χ4v) is 2.68. The standard InChI is InChI=1S/C15H12FN3O2/c1-3-8-4-5-9-13(18-19(2)14(9)12(8)16)10-6-7-11(20)17-15(10)21/h1,4-5,10H,6-7H2,2H3,(H,17,20,21). The largest absolute Gasteiger partial charge is 0.296 e. The lowest BCUT2D eigenvalue weighted by atomic mass is 9.92. The molecule has 1 atom stereocenters. The van der Waals surface area contributed by atoms with Gasteiger partial charge in [0.25, 0.3) is 0 Å². The van der Waals surface area contributed by atoms with Gasteiger partial charge in [0.2, 0.25) is 11.8 Å². The number of rotatable bonds is 1. The van der Waals surface area contributed by atoms with E-state index in [2.05, 4.69) is 16.3 Å². The topological polar surface area (TPSA) is 64.0 Å². The van der Waals surface area contributed by atoms with Gasteiger partial charge in [0.15, 0.2) is 5.82 Å². The predicted molar refractivity (Wildman–Crippen MR) is 73.7 cm³/mol. The smallest absolute Gasteiger partial charge is 0.235 e. The van der Waals surface area contributed by atoms with Crippen LogP contribution in [0.15, 0.2) is 12.1 Å². The molecule has 21 heavy (non-hydrogen) atoms. The normalized spacial score (nSPS) is 18.6. The molecule has 0 spiro atoms. The highest BCUT2D eigenvalue weighted by atomic mass is 19.1. The van der Waals surface area contributed by atoms with Crippen LogP contribution in [0.3, 0.4) is 0 Å². The molecule has 2 heterocycles. The quantitative estimate of drug-likeness (QED) is 0.633. The number of hydrogen-bond acceptors (Lipinski definition) is 3. The maximum absolute atomic E-state index is 14.3. The molecule has 1 N–H and O–H groups in total. The molecule has 1 aromatic heterocycles. The number of halogens is 1. The highest BCUT2D eigenvalue weighted by Gasteiger charge is 2.32. The highest BCUT2D eigenvalue weighted by Crippen LogP contribution is 2.31. The second-order valence-electron chi connectivity index (χ2n) is 4.98. The van der Waals surface area contributed by atoms with Gasteiger partial charge in [0, 0.05) is 18.9 Å². The zero-order chi connectivity index (χ0) is 15.1. The van der Waals surface area contributed by atoms with E-state index in [9.17, 15) is 14.0 Å². The third-order valence-corrected chi connectivity index (χ3v) is 3.70. The number of aryl methyl sites for hydroxylation is 1. The maximum Gasteiger partial charge on any atom is 0.235 e. The van der Waals surface area contributed by atoms with Gasteiger partial charge in [0.05, 0.1) is 17.2 Å². The van der Waals surface area contributed by atoms with Crippen LogP contribution >= 0.6 is 0 Å². The number of imide groups is 1. The lowest BCUT2D eigenvalue weighted by molar-refractivity contribution is -0.134. The summed E-state index contributed by atoms with van der Waals surface area (Å²) in [5.74, 6) is 0.510. The van der Waals surface area contributed by atoms with Crippen molar-refractivity contribution >= 4 is 22.7 Å². The summed E-state index contributed by atoms with van der Waals surface area (Å²) >= 11 is 0. The predicted octanol–water partition coefficient (Wildman–Crippen LogP) is 1.21. The van der Waals surface area contributed by atoms with Crippen LogP contribution in [-0.4, -0.2) is 21.6 Å². The number of aromatic nitrogens is 2. The second kappa shape index (κ2) is 4.70. The molecule has 0 aliphatic carbocycles. The molecular formula is C15H12FN3O2. The Balaban J connectivity index is 2.17. The number of carbonyl (C=O) groups excluding carboxylic acids is 2. The van der Waals surface area contributed by atoms with Gasteiger partial charge in [-0.15, -0.1) is 6.42 Å². The minimum absolute atomic E-state index is 0.153. The molecule has 1 aromatic carbocycles. The van der Waals surface area contributed by atoms with E-state index in [1.165, 1.54) is 10.7 Å². The Hall–Kier alpha value is -2.68. The average molecular weight is 285 g/mol.